The van der Waals surface area contributed by atoms with Crippen molar-refractivity contribution in [1.29, 1.82) is 10.5 Å². The summed E-state index contributed by atoms with van der Waals surface area (Å²) in [5.41, 5.74) is 11.4. The molecule has 0 aliphatic carbocycles. The Hall–Kier alpha value is -6.44. The van der Waals surface area contributed by atoms with Crippen molar-refractivity contribution in [2.75, 3.05) is 4.90 Å². The molecule has 6 aromatic rings. The summed E-state index contributed by atoms with van der Waals surface area (Å²) in [4.78, 5) is 13.6. The largest absolute Gasteiger partial charge is 0.331 e. The molecule has 7 rings (SSSR count). The van der Waals surface area contributed by atoms with Gasteiger partial charge in [0.15, 0.2) is 0 Å². The Labute approximate surface area is 273 Å². The van der Waals surface area contributed by atoms with Crippen molar-refractivity contribution in [2.45, 2.75) is 25.8 Å². The van der Waals surface area contributed by atoms with Gasteiger partial charge in [-0.15, -0.1) is 0 Å². The Morgan fingerprint density at radius 1 is 0.660 bits per heavy atom. The molecule has 0 bridgehead atoms. The molecule has 0 fully saturated rings. The number of hydrogen-bond donors (Lipinski definition) is 0. The average Bonchev–Trinajstić information content (AvgIpc) is 3.64. The molecule has 0 radical (unpaired) electrons. The Bertz CT molecular complexity index is 2190. The van der Waals surface area contributed by atoms with Crippen LogP contribution in [0.15, 0.2) is 127 Å². The van der Waals surface area contributed by atoms with Gasteiger partial charge < -0.3 is 9.47 Å². The number of nitrogens with zero attached hydrogens (tertiary/aromatic N) is 5. The van der Waals surface area contributed by atoms with E-state index in [1.165, 1.54) is 0 Å². The second-order valence-corrected chi connectivity index (χ2v) is 11.9. The molecule has 0 saturated carbocycles. The fraction of sp³-hybridized carbons (Fsp3) is 0.100. The first kappa shape index (κ1) is 29.3. The molecule has 7 nitrogen and oxygen atoms in total. The van der Waals surface area contributed by atoms with E-state index in [1.54, 1.807) is 12.1 Å². The summed E-state index contributed by atoms with van der Waals surface area (Å²) in [5.74, 6) is -0.256. The number of anilines is 2. The summed E-state index contributed by atoms with van der Waals surface area (Å²) < 4.78 is 2.28. The quantitative estimate of drug-likeness (QED) is 0.138. The first-order chi connectivity index (χ1) is 22.9. The van der Waals surface area contributed by atoms with Crippen LogP contribution in [0.2, 0.25) is 0 Å². The van der Waals surface area contributed by atoms with E-state index in [0.29, 0.717) is 11.1 Å². The second kappa shape index (κ2) is 11.8. The van der Waals surface area contributed by atoms with Gasteiger partial charge in [-0.05, 0) is 85.1 Å². The Morgan fingerprint density at radius 3 is 1.70 bits per heavy atom. The molecule has 0 spiro atoms. The van der Waals surface area contributed by atoms with Gasteiger partial charge in [-0.25, -0.2) is 0 Å². The Morgan fingerprint density at radius 2 is 1.17 bits per heavy atom. The molecule has 2 heterocycles. The van der Waals surface area contributed by atoms with Crippen molar-refractivity contribution in [3.63, 3.8) is 0 Å². The Kier molecular flexibility index (Phi) is 7.36. The fourth-order valence-corrected chi connectivity index (χ4v) is 6.60. The molecule has 1 aromatic heterocycles. The zero-order valence-electron chi connectivity index (χ0n) is 25.8. The first-order valence-electron chi connectivity index (χ1n) is 15.3. The van der Waals surface area contributed by atoms with Crippen LogP contribution in [0.3, 0.4) is 0 Å². The van der Waals surface area contributed by atoms with Crippen LogP contribution in [0.5, 0.6) is 0 Å². The minimum Gasteiger partial charge on any atom is -0.331 e. The van der Waals surface area contributed by atoms with Crippen molar-refractivity contribution in [1.82, 2.24) is 4.57 Å². The Balaban J connectivity index is 1.56. The van der Waals surface area contributed by atoms with Crippen molar-refractivity contribution in [3.8, 4) is 29.1 Å². The molecular formula is C40H29N5O2. The lowest BCUT2D eigenvalue weighted by Crippen LogP contribution is -2.24. The molecule has 2 atom stereocenters. The van der Waals surface area contributed by atoms with Gasteiger partial charge in [0.2, 0.25) is 0 Å². The highest BCUT2D eigenvalue weighted by Gasteiger charge is 2.45. The lowest BCUT2D eigenvalue weighted by Gasteiger charge is -2.32. The van der Waals surface area contributed by atoms with E-state index >= 15 is 0 Å². The van der Waals surface area contributed by atoms with Crippen molar-refractivity contribution >= 4 is 17.1 Å². The van der Waals surface area contributed by atoms with Gasteiger partial charge in [-0.2, -0.15) is 10.5 Å². The summed E-state index contributed by atoms with van der Waals surface area (Å²) in [6, 6.07) is 45.4. The van der Waals surface area contributed by atoms with Gasteiger partial charge in [-0.1, -0.05) is 71.8 Å². The van der Waals surface area contributed by atoms with Crippen LogP contribution in [0, 0.1) is 46.6 Å². The van der Waals surface area contributed by atoms with Crippen molar-refractivity contribution in [2.24, 2.45) is 0 Å². The van der Waals surface area contributed by atoms with Gasteiger partial charge in [0.1, 0.15) is 0 Å². The number of hydrogen-bond acceptors (Lipinski definition) is 5. The normalized spacial score (nSPS) is 15.1. The molecule has 47 heavy (non-hydrogen) atoms. The van der Waals surface area contributed by atoms with Gasteiger partial charge in [0.25, 0.3) is 5.69 Å². The lowest BCUT2D eigenvalue weighted by molar-refractivity contribution is -0.384. The standard InChI is InChI=1S/C40H29N5O2/c1-26-3-17-33(18-4-26)43-36(30-11-7-28(24-41)8-12-30)23-37-40(43)38(31-15-21-35(22-16-31)45(46)47)39(32-13-9-29(25-42)10-14-32)44(37)34-19-5-27(2)6-20-34/h3-23,38-39H,1-2H3. The summed E-state index contributed by atoms with van der Waals surface area (Å²) in [7, 11) is 0. The van der Waals surface area contributed by atoms with Crippen LogP contribution >= 0.6 is 0 Å². The molecule has 1 aliphatic rings. The van der Waals surface area contributed by atoms with E-state index < -0.39 is 0 Å². The van der Waals surface area contributed by atoms with Gasteiger partial charge >= 0.3 is 0 Å². The second-order valence-electron chi connectivity index (χ2n) is 11.9. The molecule has 226 valence electrons. The maximum atomic E-state index is 11.7. The average molecular weight is 612 g/mol. The third-order valence-electron chi connectivity index (χ3n) is 8.92. The van der Waals surface area contributed by atoms with Gasteiger partial charge in [0.05, 0.1) is 57.2 Å². The number of fused-ring (bicyclic) bond motifs is 1. The molecule has 0 saturated heterocycles. The van der Waals surface area contributed by atoms with E-state index in [0.717, 1.165) is 56.3 Å². The van der Waals surface area contributed by atoms with E-state index in [9.17, 15) is 20.6 Å². The third kappa shape index (κ3) is 5.20. The summed E-state index contributed by atoms with van der Waals surface area (Å²) in [6.07, 6.45) is 0. The third-order valence-corrected chi connectivity index (χ3v) is 8.92. The van der Waals surface area contributed by atoms with Crippen LogP contribution in [0.25, 0.3) is 16.9 Å². The number of nitriles is 2. The number of nitro benzene ring substituents is 1. The van der Waals surface area contributed by atoms with Crippen LogP contribution in [-0.4, -0.2) is 9.49 Å². The summed E-state index contributed by atoms with van der Waals surface area (Å²) in [5, 5.41) is 30.7. The highest BCUT2D eigenvalue weighted by molar-refractivity contribution is 5.82. The van der Waals surface area contributed by atoms with E-state index in [-0.39, 0.29) is 22.6 Å². The van der Waals surface area contributed by atoms with Crippen molar-refractivity contribution in [3.05, 3.63) is 177 Å². The number of nitro groups is 1. The van der Waals surface area contributed by atoms with E-state index in [4.69, 9.17) is 0 Å². The molecule has 7 heteroatoms. The minimum atomic E-state index is -0.376. The number of aromatic nitrogens is 1. The zero-order chi connectivity index (χ0) is 32.7. The predicted octanol–water partition coefficient (Wildman–Crippen LogP) is 9.44. The summed E-state index contributed by atoms with van der Waals surface area (Å²) >= 11 is 0. The number of non-ortho nitro benzene ring substituents is 1. The predicted molar refractivity (Wildman–Crippen MR) is 183 cm³/mol. The zero-order valence-corrected chi connectivity index (χ0v) is 25.8. The SMILES string of the molecule is Cc1ccc(N2c3cc(-c4ccc(C#N)cc4)n(-c4ccc(C)cc4)c3C(c3ccc([N+](=O)[O-])cc3)C2c2ccc(C#N)cc2)cc1. The summed E-state index contributed by atoms with van der Waals surface area (Å²) in [6.45, 7) is 4.12. The maximum absolute atomic E-state index is 11.7. The lowest BCUT2D eigenvalue weighted by atomic mass is 9.86. The fourth-order valence-electron chi connectivity index (χ4n) is 6.60. The molecule has 0 amide bonds. The number of rotatable bonds is 6. The van der Waals surface area contributed by atoms with Gasteiger partial charge in [-0.3, -0.25) is 10.1 Å². The highest BCUT2D eigenvalue weighted by Crippen LogP contribution is 2.58. The van der Waals surface area contributed by atoms with E-state index in [1.807, 2.05) is 60.7 Å². The molecule has 5 aromatic carbocycles. The minimum absolute atomic E-state index is 0.0319. The van der Waals surface area contributed by atoms with Crippen LogP contribution in [-0.2, 0) is 0 Å². The highest BCUT2D eigenvalue weighted by atomic mass is 16.6. The molecule has 0 N–H and O–H groups in total. The van der Waals surface area contributed by atoms with E-state index in [2.05, 4.69) is 90.1 Å². The van der Waals surface area contributed by atoms with Crippen molar-refractivity contribution < 1.29 is 4.92 Å². The van der Waals surface area contributed by atoms with Crippen LogP contribution in [0.1, 0.15) is 51.0 Å². The monoisotopic (exact) mass is 611 g/mol. The smallest absolute Gasteiger partial charge is 0.269 e. The maximum Gasteiger partial charge on any atom is 0.269 e. The van der Waals surface area contributed by atoms with Crippen LogP contribution in [0.4, 0.5) is 17.1 Å². The van der Waals surface area contributed by atoms with Gasteiger partial charge in [0, 0.05) is 23.5 Å². The molecule has 2 unspecified atom stereocenters. The number of aryl methyl sites for hydroxylation is 2. The number of benzene rings is 5. The topological polar surface area (TPSA) is 98.9 Å². The molecular weight excluding hydrogens is 582 g/mol. The van der Waals surface area contributed by atoms with Crippen LogP contribution < -0.4 is 4.90 Å². The molecule has 1 aliphatic heterocycles. The first-order valence-corrected chi connectivity index (χ1v) is 15.3.